The molecule has 1 aromatic carbocycles. The van der Waals surface area contributed by atoms with Crippen LogP contribution >= 0.6 is 27.5 Å². The average Bonchev–Trinajstić information content (AvgIpc) is 2.30. The maximum atomic E-state index is 5.81. The molecule has 0 heterocycles. The van der Waals surface area contributed by atoms with Gasteiger partial charge >= 0.3 is 0 Å². The molecule has 3 heteroatoms. The molecule has 16 heavy (non-hydrogen) atoms. The summed E-state index contributed by atoms with van der Waals surface area (Å²) in [5.41, 5.74) is 1.39. The van der Waals surface area contributed by atoms with Crippen molar-refractivity contribution in [1.29, 1.82) is 0 Å². The van der Waals surface area contributed by atoms with Crippen LogP contribution in [0, 0.1) is 0 Å². The SMILES string of the molecule is Clc1ccc(OCC2=C(Br)CCCC2)cc1. The molecular weight excluding hydrogens is 287 g/mol. The number of hydrogen-bond donors (Lipinski definition) is 0. The van der Waals surface area contributed by atoms with Crippen molar-refractivity contribution in [3.8, 4) is 5.75 Å². The van der Waals surface area contributed by atoms with Crippen LogP contribution in [0.2, 0.25) is 5.02 Å². The van der Waals surface area contributed by atoms with E-state index in [2.05, 4.69) is 15.9 Å². The van der Waals surface area contributed by atoms with Gasteiger partial charge < -0.3 is 4.74 Å². The molecule has 1 aliphatic carbocycles. The molecule has 1 nitrogen and oxygen atoms in total. The summed E-state index contributed by atoms with van der Waals surface area (Å²) in [7, 11) is 0. The Morgan fingerprint density at radius 1 is 1.12 bits per heavy atom. The van der Waals surface area contributed by atoms with Crippen LogP contribution in [0.25, 0.3) is 0 Å². The molecule has 0 aliphatic heterocycles. The lowest BCUT2D eigenvalue weighted by atomic mass is 10.0. The molecule has 0 aromatic heterocycles. The van der Waals surface area contributed by atoms with Crippen LogP contribution in [0.5, 0.6) is 5.75 Å². The van der Waals surface area contributed by atoms with E-state index in [0.29, 0.717) is 6.61 Å². The van der Waals surface area contributed by atoms with Gasteiger partial charge in [0.2, 0.25) is 0 Å². The fourth-order valence-corrected chi connectivity index (χ4v) is 2.50. The van der Waals surface area contributed by atoms with Crippen LogP contribution in [0.15, 0.2) is 34.3 Å². The third-order valence-electron chi connectivity index (χ3n) is 2.74. The van der Waals surface area contributed by atoms with Crippen molar-refractivity contribution in [2.45, 2.75) is 25.7 Å². The van der Waals surface area contributed by atoms with Crippen molar-refractivity contribution in [1.82, 2.24) is 0 Å². The van der Waals surface area contributed by atoms with Gasteiger partial charge in [-0.2, -0.15) is 0 Å². The largest absolute Gasteiger partial charge is 0.489 e. The first-order chi connectivity index (χ1) is 7.75. The molecule has 1 aliphatic rings. The van der Waals surface area contributed by atoms with Gasteiger partial charge in [0.25, 0.3) is 0 Å². The van der Waals surface area contributed by atoms with Crippen LogP contribution in [-0.4, -0.2) is 6.61 Å². The molecule has 0 saturated carbocycles. The zero-order valence-corrected chi connectivity index (χ0v) is 11.4. The van der Waals surface area contributed by atoms with Crippen LogP contribution in [0.1, 0.15) is 25.7 Å². The first-order valence-corrected chi connectivity index (χ1v) is 6.67. The van der Waals surface area contributed by atoms with Gasteiger partial charge in [-0.25, -0.2) is 0 Å². The molecule has 86 valence electrons. The second-order valence-corrected chi connectivity index (χ2v) is 5.35. The number of allylic oxidation sites excluding steroid dienone is 1. The second kappa shape index (κ2) is 5.74. The predicted molar refractivity (Wildman–Crippen MR) is 71.4 cm³/mol. The highest BCUT2D eigenvalue weighted by Crippen LogP contribution is 2.29. The number of hydrogen-bond acceptors (Lipinski definition) is 1. The van der Waals surface area contributed by atoms with E-state index in [0.717, 1.165) is 23.6 Å². The molecule has 0 N–H and O–H groups in total. The zero-order chi connectivity index (χ0) is 11.4. The third-order valence-corrected chi connectivity index (χ3v) is 3.94. The van der Waals surface area contributed by atoms with Gasteiger partial charge in [0.05, 0.1) is 0 Å². The average molecular weight is 302 g/mol. The first kappa shape index (κ1) is 12.0. The molecule has 1 aromatic rings. The maximum Gasteiger partial charge on any atom is 0.119 e. The fourth-order valence-electron chi connectivity index (χ4n) is 1.78. The Hall–Kier alpha value is -0.470. The standard InChI is InChI=1S/C13H14BrClO/c14-13-4-2-1-3-10(13)9-16-12-7-5-11(15)6-8-12/h5-8H,1-4,9H2. The van der Waals surface area contributed by atoms with E-state index < -0.39 is 0 Å². The molecule has 0 unspecified atom stereocenters. The quantitative estimate of drug-likeness (QED) is 0.768. The summed E-state index contributed by atoms with van der Waals surface area (Å²) in [6.07, 6.45) is 4.85. The van der Waals surface area contributed by atoms with Crippen molar-refractivity contribution < 1.29 is 4.74 Å². The number of benzene rings is 1. The minimum absolute atomic E-state index is 0.683. The molecule has 0 radical (unpaired) electrons. The topological polar surface area (TPSA) is 9.23 Å². The minimum Gasteiger partial charge on any atom is -0.489 e. The fraction of sp³-hybridized carbons (Fsp3) is 0.385. The molecular formula is C13H14BrClO. The number of halogens is 2. The molecule has 2 rings (SSSR count). The Morgan fingerprint density at radius 3 is 2.50 bits per heavy atom. The lowest BCUT2D eigenvalue weighted by Crippen LogP contribution is -2.06. The van der Waals surface area contributed by atoms with Crippen LogP contribution in [0.4, 0.5) is 0 Å². The highest BCUT2D eigenvalue weighted by atomic mass is 79.9. The molecule has 0 saturated heterocycles. The summed E-state index contributed by atoms with van der Waals surface area (Å²) in [5, 5.41) is 0.741. The number of ether oxygens (including phenoxy) is 1. The zero-order valence-electron chi connectivity index (χ0n) is 9.01. The van der Waals surface area contributed by atoms with E-state index in [1.54, 1.807) is 0 Å². The van der Waals surface area contributed by atoms with Gasteiger partial charge in [0.1, 0.15) is 12.4 Å². The first-order valence-electron chi connectivity index (χ1n) is 5.50. The Kier molecular flexibility index (Phi) is 4.30. The Bertz CT molecular complexity index is 383. The summed E-state index contributed by atoms with van der Waals surface area (Å²) in [6.45, 7) is 0.683. The van der Waals surface area contributed by atoms with Gasteiger partial charge in [-0.05, 0) is 60.0 Å². The Balaban J connectivity index is 1.94. The predicted octanol–water partition coefficient (Wildman–Crippen LogP) is 4.94. The van der Waals surface area contributed by atoms with Crippen molar-refractivity contribution in [3.63, 3.8) is 0 Å². The Morgan fingerprint density at radius 2 is 1.81 bits per heavy atom. The van der Waals surface area contributed by atoms with Gasteiger partial charge in [-0.1, -0.05) is 27.5 Å². The third kappa shape index (κ3) is 3.26. The van der Waals surface area contributed by atoms with Crippen LogP contribution in [-0.2, 0) is 0 Å². The Labute approximate surface area is 110 Å². The monoisotopic (exact) mass is 300 g/mol. The van der Waals surface area contributed by atoms with Crippen LogP contribution < -0.4 is 4.74 Å². The second-order valence-electron chi connectivity index (χ2n) is 3.96. The van der Waals surface area contributed by atoms with E-state index in [1.165, 1.54) is 22.9 Å². The summed E-state index contributed by atoms with van der Waals surface area (Å²) >= 11 is 9.43. The molecule has 0 atom stereocenters. The van der Waals surface area contributed by atoms with E-state index in [1.807, 2.05) is 24.3 Å². The van der Waals surface area contributed by atoms with E-state index in [9.17, 15) is 0 Å². The summed E-state index contributed by atoms with van der Waals surface area (Å²) in [6, 6.07) is 7.50. The van der Waals surface area contributed by atoms with Gasteiger partial charge in [-0.15, -0.1) is 0 Å². The van der Waals surface area contributed by atoms with Gasteiger partial charge in [0.15, 0.2) is 0 Å². The van der Waals surface area contributed by atoms with Crippen LogP contribution in [0.3, 0.4) is 0 Å². The smallest absolute Gasteiger partial charge is 0.119 e. The van der Waals surface area contributed by atoms with Crippen molar-refractivity contribution >= 4 is 27.5 Å². The summed E-state index contributed by atoms with van der Waals surface area (Å²) < 4.78 is 7.05. The lowest BCUT2D eigenvalue weighted by Gasteiger charge is -2.16. The molecule has 0 bridgehead atoms. The van der Waals surface area contributed by atoms with Crippen molar-refractivity contribution in [2.75, 3.05) is 6.61 Å². The van der Waals surface area contributed by atoms with E-state index in [4.69, 9.17) is 16.3 Å². The molecule has 0 amide bonds. The maximum absolute atomic E-state index is 5.81. The summed E-state index contributed by atoms with van der Waals surface area (Å²) in [4.78, 5) is 0. The molecule has 0 fully saturated rings. The molecule has 0 spiro atoms. The van der Waals surface area contributed by atoms with Crippen molar-refractivity contribution in [3.05, 3.63) is 39.3 Å². The minimum atomic E-state index is 0.683. The summed E-state index contributed by atoms with van der Waals surface area (Å²) in [5.74, 6) is 0.878. The highest BCUT2D eigenvalue weighted by Gasteiger charge is 2.10. The lowest BCUT2D eigenvalue weighted by molar-refractivity contribution is 0.343. The van der Waals surface area contributed by atoms with Gasteiger partial charge in [0, 0.05) is 5.02 Å². The number of rotatable bonds is 3. The normalized spacial score (nSPS) is 16.4. The van der Waals surface area contributed by atoms with E-state index >= 15 is 0 Å². The highest BCUT2D eigenvalue weighted by molar-refractivity contribution is 9.11. The van der Waals surface area contributed by atoms with E-state index in [-0.39, 0.29) is 0 Å². The van der Waals surface area contributed by atoms with Crippen molar-refractivity contribution in [2.24, 2.45) is 0 Å². The van der Waals surface area contributed by atoms with Gasteiger partial charge in [-0.3, -0.25) is 0 Å².